The number of alkyl halides is 3. The molecule has 4 nitrogen and oxygen atoms in total. The zero-order chi connectivity index (χ0) is 35.1. The molecular formula is C43H29F3N4. The summed E-state index contributed by atoms with van der Waals surface area (Å²) in [4.78, 5) is 3.61. The van der Waals surface area contributed by atoms with Crippen LogP contribution in [0.25, 0.3) is 71.0 Å². The van der Waals surface area contributed by atoms with E-state index in [4.69, 9.17) is 6.57 Å². The van der Waals surface area contributed by atoms with E-state index in [1.807, 2.05) is 85.4 Å². The molecule has 6 aromatic carbocycles. The van der Waals surface area contributed by atoms with Crippen molar-refractivity contribution in [1.29, 1.82) is 5.26 Å². The molecule has 0 amide bonds. The minimum Gasteiger partial charge on any atom is -0.309 e. The van der Waals surface area contributed by atoms with Gasteiger partial charge in [0.25, 0.3) is 0 Å². The molecule has 2 heterocycles. The summed E-state index contributed by atoms with van der Waals surface area (Å²) in [7, 11) is 0. The number of hydrogen-bond donors (Lipinski definition) is 0. The van der Waals surface area contributed by atoms with Gasteiger partial charge in [-0.15, -0.1) is 0 Å². The van der Waals surface area contributed by atoms with E-state index in [-0.39, 0.29) is 22.4 Å². The zero-order valence-corrected chi connectivity index (χ0v) is 27.7. The minimum absolute atomic E-state index is 0.127. The fraction of sp³-hybridized carbons (Fsp3) is 0.116. The van der Waals surface area contributed by atoms with Gasteiger partial charge in [-0.25, -0.2) is 4.85 Å². The lowest BCUT2D eigenvalue weighted by molar-refractivity contribution is -0.137. The molecule has 8 rings (SSSR count). The molecule has 0 unspecified atom stereocenters. The Kier molecular flexibility index (Phi) is 6.89. The molecule has 0 aliphatic heterocycles. The van der Waals surface area contributed by atoms with Gasteiger partial charge in [-0.3, -0.25) is 0 Å². The van der Waals surface area contributed by atoms with E-state index in [0.29, 0.717) is 11.4 Å². The van der Waals surface area contributed by atoms with Gasteiger partial charge in [0, 0.05) is 27.1 Å². The van der Waals surface area contributed by atoms with Crippen LogP contribution < -0.4 is 0 Å². The first-order chi connectivity index (χ1) is 24.0. The predicted molar refractivity (Wildman–Crippen MR) is 195 cm³/mol. The maximum Gasteiger partial charge on any atom is 0.415 e. The summed E-state index contributed by atoms with van der Waals surface area (Å²) < 4.78 is 48.8. The van der Waals surface area contributed by atoms with E-state index in [9.17, 15) is 18.4 Å². The Balaban J connectivity index is 1.60. The SMILES string of the molecule is [C-]#[N+]c1cccc(C(F)(F)F)c1-c1cc(-n2c3ccc(C)cc3c3cc(C)ccc32)c(C#N)cc1-n1c2ccc(C)cc2c2cc(C)ccc21. The molecule has 50 heavy (non-hydrogen) atoms. The van der Waals surface area contributed by atoms with Gasteiger partial charge in [0.05, 0.1) is 51.1 Å². The molecule has 242 valence electrons. The highest BCUT2D eigenvalue weighted by Crippen LogP contribution is 2.47. The Morgan fingerprint density at radius 1 is 0.600 bits per heavy atom. The third kappa shape index (κ3) is 4.66. The molecule has 0 saturated heterocycles. The number of aryl methyl sites for hydroxylation is 4. The largest absolute Gasteiger partial charge is 0.415 e. The van der Waals surface area contributed by atoms with Crippen molar-refractivity contribution in [3.05, 3.63) is 148 Å². The normalized spacial score (nSPS) is 11.9. The van der Waals surface area contributed by atoms with Gasteiger partial charge >= 0.3 is 6.18 Å². The van der Waals surface area contributed by atoms with Gasteiger partial charge in [0.2, 0.25) is 0 Å². The second-order valence-corrected chi connectivity index (χ2v) is 13.1. The van der Waals surface area contributed by atoms with Crippen LogP contribution in [0, 0.1) is 45.6 Å². The van der Waals surface area contributed by atoms with Crippen LogP contribution in [-0.4, -0.2) is 9.13 Å². The molecule has 2 aromatic heterocycles. The molecule has 0 atom stereocenters. The van der Waals surface area contributed by atoms with Crippen LogP contribution in [0.3, 0.4) is 0 Å². The summed E-state index contributed by atoms with van der Waals surface area (Å²) in [6.45, 7) is 16.0. The van der Waals surface area contributed by atoms with E-state index < -0.39 is 11.7 Å². The minimum atomic E-state index is -4.75. The Morgan fingerprint density at radius 2 is 1.04 bits per heavy atom. The van der Waals surface area contributed by atoms with Crippen LogP contribution >= 0.6 is 0 Å². The summed E-state index contributed by atoms with van der Waals surface area (Å²) in [6.07, 6.45) is -4.75. The number of aromatic nitrogens is 2. The van der Waals surface area contributed by atoms with Crippen LogP contribution in [0.2, 0.25) is 0 Å². The van der Waals surface area contributed by atoms with Crippen molar-refractivity contribution in [3.8, 4) is 28.6 Å². The highest BCUT2D eigenvalue weighted by atomic mass is 19.4. The van der Waals surface area contributed by atoms with Crippen LogP contribution in [0.4, 0.5) is 18.9 Å². The quantitative estimate of drug-likeness (QED) is 0.174. The van der Waals surface area contributed by atoms with Crippen molar-refractivity contribution in [2.75, 3.05) is 0 Å². The molecule has 0 fully saturated rings. The molecule has 0 bridgehead atoms. The summed E-state index contributed by atoms with van der Waals surface area (Å²) >= 11 is 0. The average Bonchev–Trinajstić information content (AvgIpc) is 3.57. The molecule has 0 N–H and O–H groups in total. The van der Waals surface area contributed by atoms with Crippen LogP contribution in [0.5, 0.6) is 0 Å². The average molecular weight is 659 g/mol. The van der Waals surface area contributed by atoms with E-state index in [1.165, 1.54) is 12.1 Å². The number of rotatable bonds is 3. The van der Waals surface area contributed by atoms with E-state index >= 15 is 0 Å². The van der Waals surface area contributed by atoms with Gasteiger partial charge in [-0.1, -0.05) is 64.7 Å². The van der Waals surface area contributed by atoms with Crippen molar-refractivity contribution in [1.82, 2.24) is 9.13 Å². The maximum absolute atomic E-state index is 15.0. The third-order valence-electron chi connectivity index (χ3n) is 9.61. The van der Waals surface area contributed by atoms with Crippen LogP contribution in [0.15, 0.2) is 103 Å². The Labute approximate surface area is 286 Å². The number of nitrogens with zero attached hydrogens (tertiary/aromatic N) is 4. The maximum atomic E-state index is 15.0. The number of benzene rings is 6. The van der Waals surface area contributed by atoms with Gasteiger partial charge < -0.3 is 9.13 Å². The molecule has 0 spiro atoms. The lowest BCUT2D eigenvalue weighted by Crippen LogP contribution is -2.09. The molecule has 0 saturated carbocycles. The standard InChI is InChI=1S/C43H29F3N4/c1-24-9-13-36-29(17-24)30-18-25(2)10-14-37(30)49(36)40-22-33(42-34(43(44,45)46)7-6-8-35(42)48-5)41(21-28(40)23-47)50-38-15-11-26(3)19-31(38)32-20-27(4)12-16-39(32)50/h6-22H,1-4H3. The first-order valence-corrected chi connectivity index (χ1v) is 16.2. The Hall–Kier alpha value is -6.31. The van der Waals surface area contributed by atoms with Crippen molar-refractivity contribution in [3.63, 3.8) is 0 Å². The highest BCUT2D eigenvalue weighted by molar-refractivity contribution is 6.12. The third-order valence-corrected chi connectivity index (χ3v) is 9.61. The van der Waals surface area contributed by atoms with Gasteiger partial charge in [0.1, 0.15) is 6.07 Å². The van der Waals surface area contributed by atoms with Crippen molar-refractivity contribution in [2.45, 2.75) is 33.9 Å². The summed E-state index contributed by atoms with van der Waals surface area (Å²) in [5.74, 6) is 0. The summed E-state index contributed by atoms with van der Waals surface area (Å²) in [6, 6.07) is 33.6. The van der Waals surface area contributed by atoms with Crippen LogP contribution in [-0.2, 0) is 6.18 Å². The molecule has 0 radical (unpaired) electrons. The second-order valence-electron chi connectivity index (χ2n) is 13.1. The fourth-order valence-electron chi connectivity index (χ4n) is 7.41. The molecule has 7 heteroatoms. The van der Waals surface area contributed by atoms with Gasteiger partial charge in [-0.05, 0) is 93.9 Å². The first-order valence-electron chi connectivity index (χ1n) is 16.2. The first kappa shape index (κ1) is 31.0. The number of hydrogen-bond acceptors (Lipinski definition) is 1. The topological polar surface area (TPSA) is 38.0 Å². The van der Waals surface area contributed by atoms with E-state index in [1.54, 1.807) is 12.1 Å². The lowest BCUT2D eigenvalue weighted by Gasteiger charge is -2.22. The predicted octanol–water partition coefficient (Wildman–Crippen LogP) is 12.2. The van der Waals surface area contributed by atoms with Gasteiger partial charge in [0.15, 0.2) is 5.69 Å². The van der Waals surface area contributed by atoms with Gasteiger partial charge in [-0.2, -0.15) is 18.4 Å². The lowest BCUT2D eigenvalue weighted by atomic mass is 9.93. The van der Waals surface area contributed by atoms with Crippen molar-refractivity contribution >= 4 is 49.3 Å². The molecule has 0 aliphatic rings. The number of fused-ring (bicyclic) bond motifs is 6. The highest BCUT2D eigenvalue weighted by Gasteiger charge is 2.36. The van der Waals surface area contributed by atoms with Crippen molar-refractivity contribution < 1.29 is 13.2 Å². The number of nitriles is 1. The fourth-order valence-corrected chi connectivity index (χ4v) is 7.41. The zero-order valence-electron chi connectivity index (χ0n) is 27.7. The molecular weight excluding hydrogens is 629 g/mol. The van der Waals surface area contributed by atoms with Crippen LogP contribution in [0.1, 0.15) is 33.4 Å². The monoisotopic (exact) mass is 658 g/mol. The molecule has 0 aliphatic carbocycles. The number of halogens is 3. The Morgan fingerprint density at radius 3 is 1.44 bits per heavy atom. The van der Waals surface area contributed by atoms with E-state index in [2.05, 4.69) is 35.2 Å². The Bertz CT molecular complexity index is 2700. The van der Waals surface area contributed by atoms with Crippen molar-refractivity contribution in [2.24, 2.45) is 0 Å². The van der Waals surface area contributed by atoms with E-state index in [0.717, 1.165) is 71.9 Å². The molecule has 8 aromatic rings. The smallest absolute Gasteiger partial charge is 0.309 e. The summed E-state index contributed by atoms with van der Waals surface area (Å²) in [5, 5.41) is 14.7. The summed E-state index contributed by atoms with van der Waals surface area (Å²) in [5.41, 5.74) is 7.45. The second kappa shape index (κ2) is 11.1.